The van der Waals surface area contributed by atoms with Crippen LogP contribution < -0.4 is 15.5 Å². The van der Waals surface area contributed by atoms with Gasteiger partial charge in [0, 0.05) is 56.9 Å². The predicted octanol–water partition coefficient (Wildman–Crippen LogP) is 4.92. The molecule has 5 rings (SSSR count). The molecule has 4 aromatic rings. The van der Waals surface area contributed by atoms with Crippen molar-refractivity contribution in [3.63, 3.8) is 0 Å². The highest BCUT2D eigenvalue weighted by molar-refractivity contribution is 7.80. The highest BCUT2D eigenvalue weighted by Gasteiger charge is 2.25. The van der Waals surface area contributed by atoms with Gasteiger partial charge in [0.05, 0.1) is 16.0 Å². The van der Waals surface area contributed by atoms with Gasteiger partial charge in [-0.2, -0.15) is 0 Å². The molecule has 8 nitrogen and oxygen atoms in total. The predicted molar refractivity (Wildman–Crippen MR) is 151 cm³/mol. The Bertz CT molecular complexity index is 1390. The molecular weight excluding hydrogens is 490 g/mol. The van der Waals surface area contributed by atoms with Crippen LogP contribution in [0.3, 0.4) is 0 Å². The lowest BCUT2D eigenvalue weighted by molar-refractivity contribution is 0.102. The zero-order valence-corrected chi connectivity index (χ0v) is 22.2. The third-order valence-corrected chi connectivity index (χ3v) is 7.90. The fourth-order valence-electron chi connectivity index (χ4n) is 4.38. The van der Waals surface area contributed by atoms with Gasteiger partial charge in [-0.15, -0.1) is 11.3 Å². The van der Waals surface area contributed by atoms with Crippen LogP contribution in [-0.4, -0.2) is 57.6 Å². The number of carbonyl (C=O) groups is 1. The van der Waals surface area contributed by atoms with Crippen molar-refractivity contribution in [1.29, 1.82) is 0 Å². The number of amides is 1. The maximum Gasteiger partial charge on any atom is 0.277 e. The number of anilines is 3. The first-order chi connectivity index (χ1) is 17.4. The van der Waals surface area contributed by atoms with Crippen molar-refractivity contribution in [1.82, 2.24) is 19.4 Å². The molecule has 0 radical (unpaired) electrons. The molecule has 186 valence electrons. The SMILES string of the molecule is CN(C)c1ccc(NC(=S)N2CCC(c3nc(C(=O)Nc4nc5ccccc5n4C)cs3)CC2)cc1. The van der Waals surface area contributed by atoms with Crippen LogP contribution in [0.2, 0.25) is 0 Å². The Morgan fingerprint density at radius 1 is 1.06 bits per heavy atom. The van der Waals surface area contributed by atoms with Gasteiger partial charge in [0.1, 0.15) is 5.69 Å². The third-order valence-electron chi connectivity index (χ3n) is 6.53. The number of piperidine rings is 1. The first-order valence-corrected chi connectivity index (χ1v) is 13.2. The Balaban J connectivity index is 1.16. The van der Waals surface area contributed by atoms with Gasteiger partial charge in [-0.25, -0.2) is 9.97 Å². The zero-order valence-electron chi connectivity index (χ0n) is 20.6. The van der Waals surface area contributed by atoms with Crippen LogP contribution >= 0.6 is 23.6 Å². The number of hydrogen-bond donors (Lipinski definition) is 2. The van der Waals surface area contributed by atoms with Gasteiger partial charge in [0.15, 0.2) is 5.11 Å². The Morgan fingerprint density at radius 2 is 1.78 bits per heavy atom. The van der Waals surface area contributed by atoms with Gasteiger partial charge in [-0.05, 0) is 61.5 Å². The number of benzene rings is 2. The van der Waals surface area contributed by atoms with Crippen LogP contribution in [0.25, 0.3) is 11.0 Å². The van der Waals surface area contributed by atoms with E-state index in [1.807, 2.05) is 67.5 Å². The summed E-state index contributed by atoms with van der Waals surface area (Å²) in [5, 5.41) is 9.84. The van der Waals surface area contributed by atoms with Crippen molar-refractivity contribution < 1.29 is 4.79 Å². The van der Waals surface area contributed by atoms with E-state index in [0.717, 1.165) is 58.5 Å². The molecule has 1 fully saturated rings. The standard InChI is InChI=1S/C26H29N7OS2/c1-31(2)19-10-8-18(9-11-19)27-26(35)33-14-12-17(13-15-33)24-28-21(16-36-24)23(34)30-25-29-20-6-4-5-7-22(20)32(25)3/h4-11,16-17H,12-15H2,1-3H3,(H,27,35)(H,29,30,34). The fraction of sp³-hybridized carbons (Fsp3) is 0.308. The summed E-state index contributed by atoms with van der Waals surface area (Å²) in [6.07, 6.45) is 1.89. The van der Waals surface area contributed by atoms with E-state index >= 15 is 0 Å². The second-order valence-corrected chi connectivity index (χ2v) is 10.4. The average molecular weight is 520 g/mol. The van der Waals surface area contributed by atoms with E-state index in [9.17, 15) is 4.79 Å². The normalized spacial score (nSPS) is 14.1. The number of nitrogens with one attached hydrogen (secondary N) is 2. The summed E-state index contributed by atoms with van der Waals surface area (Å²) in [6, 6.07) is 16.0. The summed E-state index contributed by atoms with van der Waals surface area (Å²) < 4.78 is 1.88. The van der Waals surface area contributed by atoms with Gasteiger partial charge in [0.25, 0.3) is 5.91 Å². The molecule has 0 unspecified atom stereocenters. The Labute approximate surface area is 220 Å². The maximum atomic E-state index is 12.9. The van der Waals surface area contributed by atoms with E-state index in [0.29, 0.717) is 17.6 Å². The minimum absolute atomic E-state index is 0.237. The number of thiazole rings is 1. The summed E-state index contributed by atoms with van der Waals surface area (Å²) in [7, 11) is 5.94. The average Bonchev–Trinajstić information content (AvgIpc) is 3.50. The summed E-state index contributed by atoms with van der Waals surface area (Å²) in [4.78, 5) is 26.3. The van der Waals surface area contributed by atoms with E-state index in [2.05, 4.69) is 42.5 Å². The number of thiocarbonyl (C=S) groups is 1. The molecule has 36 heavy (non-hydrogen) atoms. The topological polar surface area (TPSA) is 78.3 Å². The molecule has 0 spiro atoms. The van der Waals surface area contributed by atoms with Crippen LogP contribution in [0.15, 0.2) is 53.9 Å². The molecule has 0 aliphatic carbocycles. The quantitative estimate of drug-likeness (QED) is 0.362. The number of fused-ring (bicyclic) bond motifs is 1. The number of nitrogens with zero attached hydrogens (tertiary/aromatic N) is 5. The van der Waals surface area contributed by atoms with Crippen LogP contribution in [0.5, 0.6) is 0 Å². The molecule has 0 atom stereocenters. The number of rotatable bonds is 5. The highest BCUT2D eigenvalue weighted by Crippen LogP contribution is 2.31. The number of aromatic nitrogens is 3. The summed E-state index contributed by atoms with van der Waals surface area (Å²) >= 11 is 7.21. The molecule has 0 saturated carbocycles. The molecule has 2 N–H and O–H groups in total. The van der Waals surface area contributed by atoms with Gasteiger partial charge in [-0.1, -0.05) is 12.1 Å². The van der Waals surface area contributed by atoms with Crippen molar-refractivity contribution in [2.45, 2.75) is 18.8 Å². The largest absolute Gasteiger partial charge is 0.378 e. The first kappa shape index (κ1) is 24.2. The van der Waals surface area contributed by atoms with E-state index in [1.165, 1.54) is 0 Å². The van der Waals surface area contributed by atoms with Crippen molar-refractivity contribution in [3.05, 3.63) is 64.6 Å². The van der Waals surface area contributed by atoms with Gasteiger partial charge in [0.2, 0.25) is 5.95 Å². The molecular formula is C26H29N7OS2. The third kappa shape index (κ3) is 5.05. The van der Waals surface area contributed by atoms with Crippen molar-refractivity contribution in [3.8, 4) is 0 Å². The fourth-order valence-corrected chi connectivity index (χ4v) is 5.65. The number of hydrogen-bond acceptors (Lipinski definition) is 6. The van der Waals surface area contributed by atoms with Crippen LogP contribution in [0, 0.1) is 0 Å². The maximum absolute atomic E-state index is 12.9. The molecule has 2 aromatic carbocycles. The molecule has 1 aliphatic heterocycles. The van der Waals surface area contributed by atoms with Crippen LogP contribution in [-0.2, 0) is 7.05 Å². The van der Waals surface area contributed by atoms with Crippen LogP contribution in [0.1, 0.15) is 34.3 Å². The molecule has 10 heteroatoms. The van der Waals surface area contributed by atoms with E-state index in [-0.39, 0.29) is 5.91 Å². The number of carbonyl (C=O) groups excluding carboxylic acids is 1. The van der Waals surface area contributed by atoms with Gasteiger partial charge >= 0.3 is 0 Å². The summed E-state index contributed by atoms with van der Waals surface area (Å²) in [5.74, 6) is 0.603. The lowest BCUT2D eigenvalue weighted by Crippen LogP contribution is -2.40. The molecule has 1 saturated heterocycles. The summed E-state index contributed by atoms with van der Waals surface area (Å²) in [5.41, 5.74) is 4.39. The smallest absolute Gasteiger partial charge is 0.277 e. The van der Waals surface area contributed by atoms with E-state index < -0.39 is 0 Å². The second kappa shape index (κ2) is 10.2. The minimum atomic E-state index is -0.237. The molecule has 1 aliphatic rings. The van der Waals surface area contributed by atoms with E-state index in [4.69, 9.17) is 12.2 Å². The molecule has 3 heterocycles. The molecule has 2 aromatic heterocycles. The zero-order chi connectivity index (χ0) is 25.2. The van der Waals surface area contributed by atoms with Crippen molar-refractivity contribution in [2.75, 3.05) is 42.7 Å². The number of likely N-dealkylation sites (tertiary alicyclic amines) is 1. The lowest BCUT2D eigenvalue weighted by Gasteiger charge is -2.33. The summed E-state index contributed by atoms with van der Waals surface area (Å²) in [6.45, 7) is 1.71. The first-order valence-electron chi connectivity index (χ1n) is 11.9. The van der Waals surface area contributed by atoms with Gasteiger partial charge in [-0.3, -0.25) is 10.1 Å². The minimum Gasteiger partial charge on any atom is -0.378 e. The molecule has 0 bridgehead atoms. The second-order valence-electron chi connectivity index (χ2n) is 9.14. The van der Waals surface area contributed by atoms with Crippen molar-refractivity contribution >= 4 is 62.9 Å². The number of aryl methyl sites for hydroxylation is 1. The highest BCUT2D eigenvalue weighted by atomic mass is 32.1. The monoisotopic (exact) mass is 519 g/mol. The van der Waals surface area contributed by atoms with Crippen molar-refractivity contribution in [2.24, 2.45) is 7.05 Å². The lowest BCUT2D eigenvalue weighted by atomic mass is 9.98. The Hall–Kier alpha value is -3.50. The molecule has 1 amide bonds. The Morgan fingerprint density at radius 3 is 2.47 bits per heavy atom. The Kier molecular flexibility index (Phi) is 6.88. The number of para-hydroxylation sites is 2. The van der Waals surface area contributed by atoms with Gasteiger partial charge < -0.3 is 19.7 Å². The number of imidazole rings is 1. The van der Waals surface area contributed by atoms with E-state index in [1.54, 1.807) is 11.3 Å². The van der Waals surface area contributed by atoms with Crippen LogP contribution in [0.4, 0.5) is 17.3 Å².